The van der Waals surface area contributed by atoms with Crippen LogP contribution in [0, 0.1) is 18.3 Å². The number of nitrogens with zero attached hydrogens (tertiary/aromatic N) is 4. The van der Waals surface area contributed by atoms with Gasteiger partial charge in [0.1, 0.15) is 5.82 Å². The van der Waals surface area contributed by atoms with Gasteiger partial charge in [-0.25, -0.2) is 4.98 Å². The molecule has 1 rings (SSSR count). The molecule has 0 aromatic carbocycles. The molecule has 1 heterocycles. The fourth-order valence-corrected chi connectivity index (χ4v) is 1.65. The van der Waals surface area contributed by atoms with E-state index in [-0.39, 0.29) is 0 Å². The Kier molecular flexibility index (Phi) is 5.92. The van der Waals surface area contributed by atoms with Gasteiger partial charge < -0.3 is 10.2 Å². The van der Waals surface area contributed by atoms with Crippen molar-refractivity contribution in [3.05, 3.63) is 11.8 Å². The van der Waals surface area contributed by atoms with Crippen LogP contribution < -0.4 is 10.2 Å². The Labute approximate surface area is 109 Å². The molecule has 18 heavy (non-hydrogen) atoms. The van der Waals surface area contributed by atoms with Gasteiger partial charge in [-0.05, 0) is 20.3 Å². The SMILES string of the molecule is CCCNc1nc(C)cc(N(CC)CCC#N)n1. The largest absolute Gasteiger partial charge is 0.356 e. The first kappa shape index (κ1) is 14.2. The van der Waals surface area contributed by atoms with Gasteiger partial charge in [-0.15, -0.1) is 0 Å². The van der Waals surface area contributed by atoms with Crippen molar-refractivity contribution >= 4 is 11.8 Å². The van der Waals surface area contributed by atoms with Crippen molar-refractivity contribution in [1.82, 2.24) is 9.97 Å². The van der Waals surface area contributed by atoms with Gasteiger partial charge in [0.05, 0.1) is 12.5 Å². The fourth-order valence-electron chi connectivity index (χ4n) is 1.65. The molecule has 0 aliphatic rings. The zero-order valence-electron chi connectivity index (χ0n) is 11.4. The third-order valence-electron chi connectivity index (χ3n) is 2.57. The van der Waals surface area contributed by atoms with E-state index in [1.807, 2.05) is 13.0 Å². The minimum absolute atomic E-state index is 0.509. The van der Waals surface area contributed by atoms with Crippen LogP contribution in [0.4, 0.5) is 11.8 Å². The van der Waals surface area contributed by atoms with E-state index in [1.54, 1.807) is 0 Å². The molecule has 0 spiro atoms. The Morgan fingerprint density at radius 1 is 1.39 bits per heavy atom. The molecule has 1 aromatic rings. The van der Waals surface area contributed by atoms with Gasteiger partial charge in [-0.1, -0.05) is 6.92 Å². The molecule has 0 aliphatic carbocycles. The van der Waals surface area contributed by atoms with Crippen LogP contribution in [-0.2, 0) is 0 Å². The van der Waals surface area contributed by atoms with Crippen molar-refractivity contribution in [1.29, 1.82) is 5.26 Å². The van der Waals surface area contributed by atoms with E-state index in [4.69, 9.17) is 5.26 Å². The summed E-state index contributed by atoms with van der Waals surface area (Å²) in [5.41, 5.74) is 0.939. The molecule has 0 saturated carbocycles. The van der Waals surface area contributed by atoms with Crippen LogP contribution in [0.25, 0.3) is 0 Å². The highest BCUT2D eigenvalue weighted by molar-refractivity contribution is 5.44. The zero-order valence-corrected chi connectivity index (χ0v) is 11.4. The second-order valence-electron chi connectivity index (χ2n) is 4.11. The summed E-state index contributed by atoms with van der Waals surface area (Å²) in [6.07, 6.45) is 1.55. The first-order chi connectivity index (χ1) is 8.71. The molecule has 5 nitrogen and oxygen atoms in total. The number of hydrogen-bond donors (Lipinski definition) is 1. The van der Waals surface area contributed by atoms with Crippen LogP contribution in [0.2, 0.25) is 0 Å². The second-order valence-corrected chi connectivity index (χ2v) is 4.11. The first-order valence-corrected chi connectivity index (χ1v) is 6.42. The maximum atomic E-state index is 8.66. The average Bonchev–Trinajstić information content (AvgIpc) is 2.37. The molecule has 0 fully saturated rings. The van der Waals surface area contributed by atoms with Crippen molar-refractivity contribution in [2.75, 3.05) is 29.9 Å². The number of nitrogens with one attached hydrogen (secondary N) is 1. The first-order valence-electron chi connectivity index (χ1n) is 6.42. The molecule has 0 atom stereocenters. The van der Waals surface area contributed by atoms with Crippen molar-refractivity contribution in [3.63, 3.8) is 0 Å². The van der Waals surface area contributed by atoms with E-state index in [0.717, 1.165) is 31.0 Å². The van der Waals surface area contributed by atoms with Gasteiger partial charge >= 0.3 is 0 Å². The molecule has 0 aliphatic heterocycles. The summed E-state index contributed by atoms with van der Waals surface area (Å²) in [5.74, 6) is 1.56. The summed E-state index contributed by atoms with van der Waals surface area (Å²) < 4.78 is 0. The summed E-state index contributed by atoms with van der Waals surface area (Å²) >= 11 is 0. The van der Waals surface area contributed by atoms with E-state index in [1.165, 1.54) is 0 Å². The maximum absolute atomic E-state index is 8.66. The molecule has 0 bridgehead atoms. The lowest BCUT2D eigenvalue weighted by Gasteiger charge is -2.21. The molecule has 0 radical (unpaired) electrons. The summed E-state index contributed by atoms with van der Waals surface area (Å²) in [7, 11) is 0. The van der Waals surface area contributed by atoms with E-state index in [9.17, 15) is 0 Å². The minimum atomic E-state index is 0.509. The summed E-state index contributed by atoms with van der Waals surface area (Å²) in [5, 5.41) is 11.9. The van der Waals surface area contributed by atoms with Crippen molar-refractivity contribution < 1.29 is 0 Å². The average molecular weight is 247 g/mol. The molecular formula is C13H21N5. The lowest BCUT2D eigenvalue weighted by Crippen LogP contribution is -2.25. The lowest BCUT2D eigenvalue weighted by molar-refractivity contribution is 0.804. The third-order valence-corrected chi connectivity index (χ3v) is 2.57. The molecule has 0 amide bonds. The Hall–Kier alpha value is -1.83. The topological polar surface area (TPSA) is 64.8 Å². The third kappa shape index (κ3) is 4.21. The molecule has 1 N–H and O–H groups in total. The monoisotopic (exact) mass is 247 g/mol. The zero-order chi connectivity index (χ0) is 13.4. The molecule has 98 valence electrons. The predicted octanol–water partition coefficient (Wildman–Crippen LogP) is 2.35. The Bertz CT molecular complexity index is 410. The molecular weight excluding hydrogens is 226 g/mol. The highest BCUT2D eigenvalue weighted by Gasteiger charge is 2.08. The van der Waals surface area contributed by atoms with Crippen molar-refractivity contribution in [2.24, 2.45) is 0 Å². The number of rotatable bonds is 7. The van der Waals surface area contributed by atoms with Crippen LogP contribution in [0.3, 0.4) is 0 Å². The maximum Gasteiger partial charge on any atom is 0.224 e. The van der Waals surface area contributed by atoms with E-state index in [0.29, 0.717) is 18.9 Å². The van der Waals surface area contributed by atoms with Gasteiger partial charge in [-0.2, -0.15) is 10.2 Å². The van der Waals surface area contributed by atoms with Gasteiger partial charge in [0.15, 0.2) is 0 Å². The quantitative estimate of drug-likeness (QED) is 0.801. The summed E-state index contributed by atoms with van der Waals surface area (Å²) in [4.78, 5) is 10.9. The Morgan fingerprint density at radius 3 is 2.78 bits per heavy atom. The predicted molar refractivity (Wildman–Crippen MR) is 73.7 cm³/mol. The number of hydrogen-bond acceptors (Lipinski definition) is 5. The number of nitriles is 1. The van der Waals surface area contributed by atoms with E-state index < -0.39 is 0 Å². The van der Waals surface area contributed by atoms with Crippen LogP contribution in [0.15, 0.2) is 6.07 Å². The number of anilines is 2. The Morgan fingerprint density at radius 2 is 2.17 bits per heavy atom. The van der Waals surface area contributed by atoms with Gasteiger partial charge in [0.2, 0.25) is 5.95 Å². The molecule has 0 unspecified atom stereocenters. The van der Waals surface area contributed by atoms with Crippen molar-refractivity contribution in [2.45, 2.75) is 33.6 Å². The summed E-state index contributed by atoms with van der Waals surface area (Å²) in [6, 6.07) is 4.12. The normalized spacial score (nSPS) is 9.89. The van der Waals surface area contributed by atoms with Crippen molar-refractivity contribution in [3.8, 4) is 6.07 Å². The minimum Gasteiger partial charge on any atom is -0.356 e. The smallest absolute Gasteiger partial charge is 0.224 e. The highest BCUT2D eigenvalue weighted by atomic mass is 15.2. The highest BCUT2D eigenvalue weighted by Crippen LogP contribution is 2.15. The van der Waals surface area contributed by atoms with Crippen LogP contribution in [0.5, 0.6) is 0 Å². The standard InChI is InChI=1S/C13H21N5/c1-4-8-15-13-16-11(3)10-12(17-13)18(5-2)9-6-7-14/h10H,4-6,8-9H2,1-3H3,(H,15,16,17). The van der Waals surface area contributed by atoms with Crippen LogP contribution in [-0.4, -0.2) is 29.6 Å². The fraction of sp³-hybridized carbons (Fsp3) is 0.615. The molecule has 5 heteroatoms. The van der Waals surface area contributed by atoms with Gasteiger partial charge in [0, 0.05) is 31.4 Å². The van der Waals surface area contributed by atoms with E-state index in [2.05, 4.69) is 40.1 Å². The lowest BCUT2D eigenvalue weighted by atomic mass is 10.3. The second kappa shape index (κ2) is 7.49. The van der Waals surface area contributed by atoms with Crippen LogP contribution in [0.1, 0.15) is 32.4 Å². The number of aryl methyl sites for hydroxylation is 1. The molecule has 1 aromatic heterocycles. The van der Waals surface area contributed by atoms with Gasteiger partial charge in [0.25, 0.3) is 0 Å². The number of aromatic nitrogens is 2. The van der Waals surface area contributed by atoms with Gasteiger partial charge in [-0.3, -0.25) is 0 Å². The van der Waals surface area contributed by atoms with E-state index >= 15 is 0 Å². The Balaban J connectivity index is 2.85. The van der Waals surface area contributed by atoms with Crippen LogP contribution >= 0.6 is 0 Å². The molecule has 0 saturated heterocycles. The summed E-state index contributed by atoms with van der Waals surface area (Å²) in [6.45, 7) is 8.54.